The lowest BCUT2D eigenvalue weighted by molar-refractivity contribution is -0.362. The summed E-state index contributed by atoms with van der Waals surface area (Å²) in [7, 11) is 0. The van der Waals surface area contributed by atoms with Crippen molar-refractivity contribution in [3.63, 3.8) is 0 Å². The number of benzene rings is 2. The van der Waals surface area contributed by atoms with Crippen LogP contribution in [0.5, 0.6) is 0 Å². The molecule has 1 saturated heterocycles. The van der Waals surface area contributed by atoms with E-state index >= 15 is 0 Å². The summed E-state index contributed by atoms with van der Waals surface area (Å²) in [5, 5.41) is 31.1. The maximum atomic E-state index is 10.7. The van der Waals surface area contributed by atoms with Crippen molar-refractivity contribution < 1.29 is 24.8 Å². The van der Waals surface area contributed by atoms with Gasteiger partial charge in [0.05, 0.1) is 12.7 Å². The van der Waals surface area contributed by atoms with Gasteiger partial charge in [0.2, 0.25) is 5.79 Å². The van der Waals surface area contributed by atoms with Gasteiger partial charge in [-0.25, -0.2) is 0 Å². The molecule has 3 N–H and O–H groups in total. The van der Waals surface area contributed by atoms with Gasteiger partial charge in [0.25, 0.3) is 0 Å². The van der Waals surface area contributed by atoms with E-state index in [1.165, 1.54) is 15.3 Å². The third-order valence-corrected chi connectivity index (χ3v) is 7.13. The number of aliphatic hydroxyl groups excluding tert-OH is 3. The summed E-state index contributed by atoms with van der Waals surface area (Å²) in [4.78, 5) is 2.46. The Kier molecular flexibility index (Phi) is 5.01. The average molecular weight is 425 g/mol. The predicted octanol–water partition coefficient (Wildman–Crippen LogP) is 3.19. The van der Waals surface area contributed by atoms with E-state index in [2.05, 4.69) is 30.3 Å². The van der Waals surface area contributed by atoms with Gasteiger partial charge in [-0.2, -0.15) is 0 Å². The third-order valence-electron chi connectivity index (χ3n) is 5.99. The van der Waals surface area contributed by atoms with Crippen LogP contribution in [0.3, 0.4) is 0 Å². The van der Waals surface area contributed by atoms with Crippen LogP contribution in [-0.2, 0) is 28.3 Å². The van der Waals surface area contributed by atoms with Gasteiger partial charge in [-0.3, -0.25) is 0 Å². The number of ether oxygens (including phenoxy) is 2. The number of rotatable bonds is 3. The minimum Gasteiger partial charge on any atom is -0.388 e. The van der Waals surface area contributed by atoms with E-state index < -0.39 is 30.2 Å². The molecule has 3 aromatic rings. The maximum Gasteiger partial charge on any atom is 0.225 e. The summed E-state index contributed by atoms with van der Waals surface area (Å²) in [6.07, 6.45) is -3.79. The van der Waals surface area contributed by atoms with Crippen LogP contribution in [0.4, 0.5) is 0 Å². The molecule has 0 bridgehead atoms. The highest BCUT2D eigenvalue weighted by atomic mass is 32.1. The largest absolute Gasteiger partial charge is 0.388 e. The minimum atomic E-state index is -1.45. The van der Waals surface area contributed by atoms with E-state index in [0.29, 0.717) is 6.61 Å². The highest BCUT2D eigenvalue weighted by Crippen LogP contribution is 2.46. The monoisotopic (exact) mass is 424 g/mol. The number of aliphatic hydroxyl groups is 3. The zero-order valence-corrected chi connectivity index (χ0v) is 17.4. The van der Waals surface area contributed by atoms with Crippen molar-refractivity contribution in [1.82, 2.24) is 0 Å². The molecule has 30 heavy (non-hydrogen) atoms. The molecule has 5 rings (SSSR count). The molecular weight excluding hydrogens is 400 g/mol. The normalized spacial score (nSPS) is 30.5. The van der Waals surface area contributed by atoms with Gasteiger partial charge in [0.1, 0.15) is 18.3 Å². The van der Waals surface area contributed by atoms with Gasteiger partial charge < -0.3 is 24.8 Å². The second-order valence-corrected chi connectivity index (χ2v) is 9.17. The number of hydrogen-bond donors (Lipinski definition) is 3. The first-order chi connectivity index (χ1) is 14.5. The summed E-state index contributed by atoms with van der Waals surface area (Å²) in [5.74, 6) is -1.45. The Balaban J connectivity index is 1.44. The van der Waals surface area contributed by atoms with Crippen molar-refractivity contribution in [2.45, 2.75) is 50.2 Å². The van der Waals surface area contributed by atoms with Gasteiger partial charge in [0, 0.05) is 21.7 Å². The zero-order valence-electron chi connectivity index (χ0n) is 16.6. The topological polar surface area (TPSA) is 79.2 Å². The molecule has 1 aromatic heterocycles. The minimum absolute atomic E-state index is 0.291. The first kappa shape index (κ1) is 19.9. The fourth-order valence-corrected chi connectivity index (χ4v) is 5.37. The summed E-state index contributed by atoms with van der Waals surface area (Å²) < 4.78 is 11.8. The fraction of sp³-hybridized carbons (Fsp3) is 0.333. The SMILES string of the molecule is C[C@H]1O[C@]2(OCc3ccc(Cc4ccc(-c5ccccc5)s4)cc32)[C@H](O)[C@@H](O)[C@@H]1O. The molecule has 156 valence electrons. The summed E-state index contributed by atoms with van der Waals surface area (Å²) in [6, 6.07) is 20.6. The van der Waals surface area contributed by atoms with E-state index in [0.717, 1.165) is 23.1 Å². The van der Waals surface area contributed by atoms with Crippen LogP contribution in [0.1, 0.15) is 28.5 Å². The summed E-state index contributed by atoms with van der Waals surface area (Å²) in [5.41, 5.74) is 3.93. The highest BCUT2D eigenvalue weighted by Gasteiger charge is 2.57. The molecule has 0 aliphatic carbocycles. The molecule has 5 nitrogen and oxygen atoms in total. The molecule has 3 heterocycles. The molecule has 0 saturated carbocycles. The Morgan fingerprint density at radius 1 is 1.00 bits per heavy atom. The van der Waals surface area contributed by atoms with E-state index in [1.807, 2.05) is 30.3 Å². The second-order valence-electron chi connectivity index (χ2n) is 8.01. The molecule has 0 unspecified atom stereocenters. The van der Waals surface area contributed by atoms with Crippen LogP contribution >= 0.6 is 11.3 Å². The van der Waals surface area contributed by atoms with Crippen LogP contribution in [0.15, 0.2) is 60.7 Å². The van der Waals surface area contributed by atoms with Crippen LogP contribution in [0.2, 0.25) is 0 Å². The molecular formula is C24H24O5S. The first-order valence-corrected chi connectivity index (χ1v) is 10.9. The highest BCUT2D eigenvalue weighted by molar-refractivity contribution is 7.15. The molecule has 6 heteroatoms. The smallest absolute Gasteiger partial charge is 0.225 e. The molecule has 2 aromatic carbocycles. The van der Waals surface area contributed by atoms with Gasteiger partial charge in [-0.15, -0.1) is 11.3 Å². The van der Waals surface area contributed by atoms with Gasteiger partial charge in [0.15, 0.2) is 0 Å². The number of hydrogen-bond acceptors (Lipinski definition) is 6. The fourth-order valence-electron chi connectivity index (χ4n) is 4.33. The van der Waals surface area contributed by atoms with Crippen molar-refractivity contribution in [2.75, 3.05) is 0 Å². The lowest BCUT2D eigenvalue weighted by Crippen LogP contribution is -2.62. The number of thiophene rings is 1. The molecule has 0 radical (unpaired) electrons. The van der Waals surface area contributed by atoms with Crippen LogP contribution in [-0.4, -0.2) is 39.7 Å². The van der Waals surface area contributed by atoms with Crippen molar-refractivity contribution in [3.05, 3.63) is 82.2 Å². The zero-order chi connectivity index (χ0) is 20.9. The van der Waals surface area contributed by atoms with Crippen molar-refractivity contribution in [1.29, 1.82) is 0 Å². The molecule has 2 aliphatic rings. The molecule has 5 atom stereocenters. The lowest BCUT2D eigenvalue weighted by Gasteiger charge is -2.45. The van der Waals surface area contributed by atoms with Gasteiger partial charge in [-0.1, -0.05) is 42.5 Å². The van der Waals surface area contributed by atoms with E-state index in [4.69, 9.17) is 9.47 Å². The van der Waals surface area contributed by atoms with E-state index in [9.17, 15) is 15.3 Å². The standard InChI is InChI=1S/C24H24O5S/c1-14-21(25)22(26)23(27)24(29-14)19-12-15(7-8-17(19)13-28-24)11-18-9-10-20(30-18)16-5-3-2-4-6-16/h2-10,12,14,21-23,25-27H,11,13H2,1H3/t14-,21-,22+,23-,24+/m1/s1. The maximum absolute atomic E-state index is 10.7. The first-order valence-electron chi connectivity index (χ1n) is 10.1. The average Bonchev–Trinajstić information content (AvgIpc) is 3.37. The molecule has 0 amide bonds. The van der Waals surface area contributed by atoms with Crippen LogP contribution < -0.4 is 0 Å². The lowest BCUT2D eigenvalue weighted by atomic mass is 9.87. The Morgan fingerprint density at radius 3 is 2.60 bits per heavy atom. The molecule has 1 fully saturated rings. The Labute approximate surface area is 179 Å². The van der Waals surface area contributed by atoms with Gasteiger partial charge >= 0.3 is 0 Å². The van der Waals surface area contributed by atoms with Crippen LogP contribution in [0.25, 0.3) is 10.4 Å². The van der Waals surface area contributed by atoms with Crippen molar-refractivity contribution >= 4 is 11.3 Å². The van der Waals surface area contributed by atoms with E-state index in [-0.39, 0.29) is 0 Å². The summed E-state index contributed by atoms with van der Waals surface area (Å²) in [6.45, 7) is 1.96. The number of fused-ring (bicyclic) bond motifs is 2. The Bertz CT molecular complexity index is 1050. The van der Waals surface area contributed by atoms with Gasteiger partial charge in [-0.05, 0) is 41.8 Å². The predicted molar refractivity (Wildman–Crippen MR) is 114 cm³/mol. The van der Waals surface area contributed by atoms with Crippen molar-refractivity contribution in [3.8, 4) is 10.4 Å². The summed E-state index contributed by atoms with van der Waals surface area (Å²) >= 11 is 1.76. The Hall–Kier alpha value is -2.06. The second kappa shape index (κ2) is 7.57. The van der Waals surface area contributed by atoms with Crippen molar-refractivity contribution in [2.24, 2.45) is 0 Å². The quantitative estimate of drug-likeness (QED) is 0.602. The third kappa shape index (κ3) is 3.21. The Morgan fingerprint density at radius 2 is 1.80 bits per heavy atom. The molecule has 2 aliphatic heterocycles. The van der Waals surface area contributed by atoms with E-state index in [1.54, 1.807) is 18.3 Å². The van der Waals surface area contributed by atoms with Crippen LogP contribution in [0, 0.1) is 0 Å². The molecule has 1 spiro atoms.